The van der Waals surface area contributed by atoms with Crippen LogP contribution in [-0.2, 0) is 11.3 Å². The Hall–Kier alpha value is -1.40. The zero-order valence-electron chi connectivity index (χ0n) is 10.2. The van der Waals surface area contributed by atoms with Gasteiger partial charge in [-0.15, -0.1) is 0 Å². The summed E-state index contributed by atoms with van der Waals surface area (Å²) in [6.45, 7) is 0.0426. The lowest BCUT2D eigenvalue weighted by atomic mass is 10.2. The maximum absolute atomic E-state index is 13.0. The Morgan fingerprint density at radius 1 is 1.15 bits per heavy atom. The minimum absolute atomic E-state index is 0.0426. The number of esters is 1. The fraction of sp³-hybridized carbons (Fsp3) is 0.0714. The van der Waals surface area contributed by atoms with Crippen LogP contribution >= 0.6 is 31.9 Å². The standard InChI is InChI=1S/C14H10Br2FNO2/c15-12-4-3-10(18)6-11(12)14(19)20-7-8-1-2-9(17)5-13(8)16/h1-6H,7,18H2. The molecule has 0 bridgehead atoms. The third-order valence-electron chi connectivity index (χ3n) is 2.58. The number of nitrogen functional groups attached to an aromatic ring is 1. The SMILES string of the molecule is Nc1ccc(Br)c(C(=O)OCc2ccc(F)cc2Br)c1. The number of halogens is 3. The molecule has 20 heavy (non-hydrogen) atoms. The fourth-order valence-electron chi connectivity index (χ4n) is 1.56. The second-order valence-corrected chi connectivity index (χ2v) is 5.76. The van der Waals surface area contributed by atoms with E-state index in [0.29, 0.717) is 25.8 Å². The third kappa shape index (κ3) is 3.58. The van der Waals surface area contributed by atoms with E-state index in [9.17, 15) is 9.18 Å². The van der Waals surface area contributed by atoms with Gasteiger partial charge in [0.2, 0.25) is 0 Å². The quantitative estimate of drug-likeness (QED) is 0.615. The van der Waals surface area contributed by atoms with Gasteiger partial charge in [0.15, 0.2) is 0 Å². The average Bonchev–Trinajstić information content (AvgIpc) is 2.40. The van der Waals surface area contributed by atoms with Crippen molar-refractivity contribution in [2.24, 2.45) is 0 Å². The van der Waals surface area contributed by atoms with Crippen molar-refractivity contribution in [2.75, 3.05) is 5.73 Å². The van der Waals surface area contributed by atoms with Gasteiger partial charge in [0.1, 0.15) is 12.4 Å². The van der Waals surface area contributed by atoms with Crippen molar-refractivity contribution in [3.63, 3.8) is 0 Å². The number of hydrogen-bond donors (Lipinski definition) is 1. The number of ether oxygens (including phenoxy) is 1. The highest BCUT2D eigenvalue weighted by atomic mass is 79.9. The molecule has 2 N–H and O–H groups in total. The summed E-state index contributed by atoms with van der Waals surface area (Å²) in [7, 11) is 0. The zero-order chi connectivity index (χ0) is 14.7. The normalized spacial score (nSPS) is 10.3. The average molecular weight is 403 g/mol. The minimum Gasteiger partial charge on any atom is -0.457 e. The van der Waals surface area contributed by atoms with Crippen LogP contribution in [0.4, 0.5) is 10.1 Å². The van der Waals surface area contributed by atoms with Gasteiger partial charge in [-0.3, -0.25) is 0 Å². The first-order chi connectivity index (χ1) is 9.47. The van der Waals surface area contributed by atoms with Gasteiger partial charge in [-0.25, -0.2) is 9.18 Å². The predicted molar refractivity (Wildman–Crippen MR) is 81.8 cm³/mol. The monoisotopic (exact) mass is 401 g/mol. The molecule has 0 unspecified atom stereocenters. The van der Waals surface area contributed by atoms with Crippen molar-refractivity contribution in [3.8, 4) is 0 Å². The predicted octanol–water partition coefficient (Wildman–Crippen LogP) is 4.29. The highest BCUT2D eigenvalue weighted by molar-refractivity contribution is 9.10. The van der Waals surface area contributed by atoms with Crippen LogP contribution in [0.15, 0.2) is 45.3 Å². The van der Waals surface area contributed by atoms with E-state index < -0.39 is 5.97 Å². The van der Waals surface area contributed by atoms with E-state index in [1.807, 2.05) is 0 Å². The van der Waals surface area contributed by atoms with Crippen LogP contribution in [-0.4, -0.2) is 5.97 Å². The Morgan fingerprint density at radius 3 is 2.60 bits per heavy atom. The van der Waals surface area contributed by atoms with E-state index in [0.717, 1.165) is 0 Å². The number of hydrogen-bond acceptors (Lipinski definition) is 3. The molecule has 6 heteroatoms. The van der Waals surface area contributed by atoms with Gasteiger partial charge in [-0.1, -0.05) is 22.0 Å². The Labute approximate surface area is 132 Å². The summed E-state index contributed by atoms with van der Waals surface area (Å²) in [6, 6.07) is 9.08. The van der Waals surface area contributed by atoms with Crippen LogP contribution in [0.5, 0.6) is 0 Å². The topological polar surface area (TPSA) is 52.3 Å². The van der Waals surface area contributed by atoms with E-state index in [2.05, 4.69) is 31.9 Å². The molecule has 0 aliphatic rings. The first-order valence-corrected chi connectivity index (χ1v) is 7.22. The van der Waals surface area contributed by atoms with Crippen LogP contribution in [0.25, 0.3) is 0 Å². The number of benzene rings is 2. The summed E-state index contributed by atoms with van der Waals surface area (Å²) in [5, 5.41) is 0. The van der Waals surface area contributed by atoms with Gasteiger partial charge in [-0.05, 0) is 46.3 Å². The molecule has 2 aromatic carbocycles. The van der Waals surface area contributed by atoms with Crippen molar-refractivity contribution in [2.45, 2.75) is 6.61 Å². The maximum atomic E-state index is 13.0. The van der Waals surface area contributed by atoms with Crippen LogP contribution < -0.4 is 5.73 Å². The van der Waals surface area contributed by atoms with Gasteiger partial charge >= 0.3 is 5.97 Å². The summed E-state index contributed by atoms with van der Waals surface area (Å²) >= 11 is 6.49. The zero-order valence-corrected chi connectivity index (χ0v) is 13.4. The van der Waals surface area contributed by atoms with E-state index in [-0.39, 0.29) is 12.4 Å². The molecule has 0 atom stereocenters. The Balaban J connectivity index is 2.10. The molecule has 0 saturated heterocycles. The lowest BCUT2D eigenvalue weighted by Crippen LogP contribution is -2.07. The third-order valence-corrected chi connectivity index (χ3v) is 4.01. The second kappa shape index (κ2) is 6.37. The number of anilines is 1. The largest absolute Gasteiger partial charge is 0.457 e. The maximum Gasteiger partial charge on any atom is 0.339 e. The Morgan fingerprint density at radius 2 is 1.90 bits per heavy atom. The van der Waals surface area contributed by atoms with Crippen molar-refractivity contribution < 1.29 is 13.9 Å². The van der Waals surface area contributed by atoms with Crippen molar-refractivity contribution >= 4 is 43.5 Å². The molecule has 0 heterocycles. The molecule has 0 amide bonds. The molecule has 0 aliphatic heterocycles. The lowest BCUT2D eigenvalue weighted by Gasteiger charge is -2.08. The minimum atomic E-state index is -0.500. The summed E-state index contributed by atoms with van der Waals surface area (Å²) in [4.78, 5) is 12.0. The van der Waals surface area contributed by atoms with Crippen LogP contribution in [0.1, 0.15) is 15.9 Å². The summed E-state index contributed by atoms with van der Waals surface area (Å²) in [6.07, 6.45) is 0. The van der Waals surface area contributed by atoms with Gasteiger partial charge < -0.3 is 10.5 Å². The molecule has 0 aliphatic carbocycles. The Bertz CT molecular complexity index is 662. The number of carbonyl (C=O) groups is 1. The van der Waals surface area contributed by atoms with Gasteiger partial charge in [-0.2, -0.15) is 0 Å². The van der Waals surface area contributed by atoms with Crippen LogP contribution in [0.2, 0.25) is 0 Å². The first-order valence-electron chi connectivity index (χ1n) is 5.63. The molecule has 0 radical (unpaired) electrons. The molecule has 2 aromatic rings. The molecule has 0 aromatic heterocycles. The van der Waals surface area contributed by atoms with Crippen molar-refractivity contribution in [1.82, 2.24) is 0 Å². The van der Waals surface area contributed by atoms with Gasteiger partial charge in [0.05, 0.1) is 5.56 Å². The van der Waals surface area contributed by atoms with Crippen molar-refractivity contribution in [1.29, 1.82) is 0 Å². The molecular formula is C14H10Br2FNO2. The summed E-state index contributed by atoms with van der Waals surface area (Å²) in [5.41, 5.74) is 7.14. The van der Waals surface area contributed by atoms with E-state index in [1.165, 1.54) is 18.2 Å². The van der Waals surface area contributed by atoms with E-state index >= 15 is 0 Å². The van der Waals surface area contributed by atoms with Crippen LogP contribution in [0, 0.1) is 5.82 Å². The van der Waals surface area contributed by atoms with Crippen molar-refractivity contribution in [3.05, 3.63) is 62.3 Å². The molecule has 2 rings (SSSR count). The molecule has 3 nitrogen and oxygen atoms in total. The van der Waals surface area contributed by atoms with Gasteiger partial charge in [0.25, 0.3) is 0 Å². The summed E-state index contributed by atoms with van der Waals surface area (Å²) in [5.74, 6) is -0.856. The Kier molecular flexibility index (Phi) is 4.77. The highest BCUT2D eigenvalue weighted by Crippen LogP contribution is 2.22. The molecular weight excluding hydrogens is 393 g/mol. The number of carbonyl (C=O) groups excluding carboxylic acids is 1. The smallest absolute Gasteiger partial charge is 0.339 e. The summed E-state index contributed by atoms with van der Waals surface area (Å²) < 4.78 is 19.3. The van der Waals surface area contributed by atoms with Gasteiger partial charge in [0, 0.05) is 20.2 Å². The number of nitrogens with two attached hydrogens (primary N) is 1. The molecule has 0 spiro atoms. The molecule has 0 fully saturated rings. The van der Waals surface area contributed by atoms with E-state index in [1.54, 1.807) is 18.2 Å². The number of rotatable bonds is 3. The van der Waals surface area contributed by atoms with E-state index in [4.69, 9.17) is 10.5 Å². The molecule has 0 saturated carbocycles. The molecule has 104 valence electrons. The lowest BCUT2D eigenvalue weighted by molar-refractivity contribution is 0.0471. The second-order valence-electron chi connectivity index (χ2n) is 4.05. The highest BCUT2D eigenvalue weighted by Gasteiger charge is 2.13. The van der Waals surface area contributed by atoms with Crippen LogP contribution in [0.3, 0.4) is 0 Å². The first kappa shape index (κ1) is 15.0. The fourth-order valence-corrected chi connectivity index (χ4v) is 2.43.